The Hall–Kier alpha value is -3.02. The molecule has 1 unspecified atom stereocenters. The molecule has 25 heavy (non-hydrogen) atoms. The summed E-state index contributed by atoms with van der Waals surface area (Å²) in [6.07, 6.45) is 0. The molecule has 0 aliphatic heterocycles. The van der Waals surface area contributed by atoms with Crippen molar-refractivity contribution in [1.29, 1.82) is 0 Å². The van der Waals surface area contributed by atoms with Gasteiger partial charge in [0.25, 0.3) is 5.91 Å². The molecule has 1 amide bonds. The van der Waals surface area contributed by atoms with Crippen molar-refractivity contribution in [2.75, 3.05) is 26.0 Å². The maximum absolute atomic E-state index is 12.7. The van der Waals surface area contributed by atoms with E-state index in [4.69, 9.17) is 9.84 Å². The SMILES string of the molecule is COc1cccc(Nc2ccccc2C(=O)N(C)CC(C)C(=O)O)c1. The Labute approximate surface area is 147 Å². The van der Waals surface area contributed by atoms with Crippen LogP contribution in [-0.2, 0) is 4.79 Å². The van der Waals surface area contributed by atoms with Gasteiger partial charge in [0, 0.05) is 25.3 Å². The topological polar surface area (TPSA) is 78.9 Å². The van der Waals surface area contributed by atoms with Gasteiger partial charge >= 0.3 is 5.97 Å². The van der Waals surface area contributed by atoms with Crippen molar-refractivity contribution in [1.82, 2.24) is 4.90 Å². The van der Waals surface area contributed by atoms with E-state index in [1.807, 2.05) is 30.3 Å². The molecular weight excluding hydrogens is 320 g/mol. The van der Waals surface area contributed by atoms with Gasteiger partial charge in [-0.05, 0) is 24.3 Å². The molecule has 0 aromatic heterocycles. The highest BCUT2D eigenvalue weighted by Gasteiger charge is 2.20. The van der Waals surface area contributed by atoms with E-state index in [0.29, 0.717) is 17.0 Å². The summed E-state index contributed by atoms with van der Waals surface area (Å²) in [5.41, 5.74) is 1.92. The van der Waals surface area contributed by atoms with E-state index in [2.05, 4.69) is 5.32 Å². The van der Waals surface area contributed by atoms with Gasteiger partial charge in [0.2, 0.25) is 0 Å². The number of benzene rings is 2. The van der Waals surface area contributed by atoms with Crippen LogP contribution >= 0.6 is 0 Å². The number of carbonyl (C=O) groups excluding carboxylic acids is 1. The van der Waals surface area contributed by atoms with Crippen molar-refractivity contribution < 1.29 is 19.4 Å². The summed E-state index contributed by atoms with van der Waals surface area (Å²) >= 11 is 0. The van der Waals surface area contributed by atoms with E-state index in [1.54, 1.807) is 39.3 Å². The third kappa shape index (κ3) is 4.73. The third-order valence-corrected chi connectivity index (χ3v) is 3.82. The smallest absolute Gasteiger partial charge is 0.308 e. The number of rotatable bonds is 7. The highest BCUT2D eigenvalue weighted by molar-refractivity contribution is 6.00. The fourth-order valence-electron chi connectivity index (χ4n) is 2.41. The molecule has 2 aromatic rings. The summed E-state index contributed by atoms with van der Waals surface area (Å²) in [6, 6.07) is 14.5. The van der Waals surface area contributed by atoms with Gasteiger partial charge in [-0.2, -0.15) is 0 Å². The minimum absolute atomic E-state index is 0.141. The van der Waals surface area contributed by atoms with Crippen LogP contribution in [0.2, 0.25) is 0 Å². The number of para-hydroxylation sites is 1. The average molecular weight is 342 g/mol. The molecule has 132 valence electrons. The van der Waals surface area contributed by atoms with Gasteiger partial charge in [0.15, 0.2) is 0 Å². The van der Waals surface area contributed by atoms with Gasteiger partial charge < -0.3 is 20.1 Å². The number of hydrogen-bond donors (Lipinski definition) is 2. The average Bonchev–Trinajstić information content (AvgIpc) is 2.61. The van der Waals surface area contributed by atoms with Crippen LogP contribution in [-0.4, -0.2) is 42.6 Å². The fourth-order valence-corrected chi connectivity index (χ4v) is 2.41. The van der Waals surface area contributed by atoms with Gasteiger partial charge in [0.05, 0.1) is 24.3 Å². The summed E-state index contributed by atoms with van der Waals surface area (Å²) in [5.74, 6) is -1.09. The Bertz CT molecular complexity index is 761. The summed E-state index contributed by atoms with van der Waals surface area (Å²) < 4.78 is 5.20. The van der Waals surface area contributed by atoms with Gasteiger partial charge in [-0.3, -0.25) is 9.59 Å². The lowest BCUT2D eigenvalue weighted by Gasteiger charge is -2.21. The van der Waals surface area contributed by atoms with Crippen molar-refractivity contribution in [3.8, 4) is 5.75 Å². The summed E-state index contributed by atoms with van der Waals surface area (Å²) in [4.78, 5) is 25.1. The Balaban J connectivity index is 2.22. The molecule has 2 N–H and O–H groups in total. The molecule has 0 aliphatic carbocycles. The van der Waals surface area contributed by atoms with E-state index in [1.165, 1.54) is 4.90 Å². The molecule has 2 rings (SSSR count). The number of methoxy groups -OCH3 is 1. The molecule has 1 atom stereocenters. The number of nitrogens with one attached hydrogen (secondary N) is 1. The van der Waals surface area contributed by atoms with Crippen LogP contribution in [0.3, 0.4) is 0 Å². The number of carboxylic acids is 1. The van der Waals surface area contributed by atoms with Crippen molar-refractivity contribution >= 4 is 23.3 Å². The predicted molar refractivity (Wildman–Crippen MR) is 96.5 cm³/mol. The lowest BCUT2D eigenvalue weighted by molar-refractivity contribution is -0.141. The molecule has 0 saturated carbocycles. The second kappa shape index (κ2) is 8.19. The first-order valence-corrected chi connectivity index (χ1v) is 7.90. The van der Waals surface area contributed by atoms with E-state index in [0.717, 1.165) is 5.69 Å². The van der Waals surface area contributed by atoms with Crippen molar-refractivity contribution in [2.45, 2.75) is 6.92 Å². The zero-order valence-electron chi connectivity index (χ0n) is 14.5. The van der Waals surface area contributed by atoms with Crippen LogP contribution in [0.25, 0.3) is 0 Å². The first-order valence-electron chi connectivity index (χ1n) is 7.90. The van der Waals surface area contributed by atoms with Crippen molar-refractivity contribution in [2.24, 2.45) is 5.92 Å². The first-order chi connectivity index (χ1) is 11.9. The summed E-state index contributed by atoms with van der Waals surface area (Å²) in [7, 11) is 3.19. The Kier molecular flexibility index (Phi) is 6.00. The van der Waals surface area contributed by atoms with E-state index in [-0.39, 0.29) is 12.5 Å². The lowest BCUT2D eigenvalue weighted by Crippen LogP contribution is -2.34. The number of carboxylic acid groups (broad SMARTS) is 1. The number of nitrogens with zero attached hydrogens (tertiary/aromatic N) is 1. The molecule has 0 radical (unpaired) electrons. The molecule has 0 heterocycles. The number of aliphatic carboxylic acids is 1. The summed E-state index contributed by atoms with van der Waals surface area (Å²) in [5, 5.41) is 12.2. The van der Waals surface area contributed by atoms with Crippen molar-refractivity contribution in [3.05, 3.63) is 54.1 Å². The summed E-state index contributed by atoms with van der Waals surface area (Å²) in [6.45, 7) is 1.72. The van der Waals surface area contributed by atoms with E-state index in [9.17, 15) is 9.59 Å². The number of hydrogen-bond acceptors (Lipinski definition) is 4. The van der Waals surface area contributed by atoms with E-state index >= 15 is 0 Å². The minimum atomic E-state index is -0.928. The second-order valence-electron chi connectivity index (χ2n) is 5.83. The molecule has 2 aromatic carbocycles. The quantitative estimate of drug-likeness (QED) is 0.808. The molecule has 0 bridgehead atoms. The monoisotopic (exact) mass is 342 g/mol. The maximum atomic E-state index is 12.7. The number of anilines is 2. The zero-order chi connectivity index (χ0) is 18.4. The van der Waals surface area contributed by atoms with Crippen molar-refractivity contribution in [3.63, 3.8) is 0 Å². The zero-order valence-corrected chi connectivity index (χ0v) is 14.5. The van der Waals surface area contributed by atoms with Gasteiger partial charge in [-0.1, -0.05) is 25.1 Å². The Morgan fingerprint density at radius 1 is 1.20 bits per heavy atom. The Morgan fingerprint density at radius 3 is 2.60 bits per heavy atom. The maximum Gasteiger partial charge on any atom is 0.308 e. The number of amides is 1. The molecule has 6 nitrogen and oxygen atoms in total. The van der Waals surface area contributed by atoms with Crippen LogP contribution < -0.4 is 10.1 Å². The Morgan fingerprint density at radius 2 is 1.92 bits per heavy atom. The largest absolute Gasteiger partial charge is 0.497 e. The van der Waals surface area contributed by atoms with Gasteiger partial charge in [0.1, 0.15) is 5.75 Å². The molecule has 0 fully saturated rings. The molecule has 0 spiro atoms. The van der Waals surface area contributed by atoms with Gasteiger partial charge in [-0.15, -0.1) is 0 Å². The normalized spacial score (nSPS) is 11.5. The van der Waals surface area contributed by atoms with Crippen LogP contribution in [0.5, 0.6) is 5.75 Å². The first kappa shape index (κ1) is 18.3. The van der Waals surface area contributed by atoms with Crippen LogP contribution in [0.1, 0.15) is 17.3 Å². The standard InChI is InChI=1S/C19H22N2O4/c1-13(19(23)24)12-21(2)18(22)16-9-4-5-10-17(16)20-14-7-6-8-15(11-14)25-3/h4-11,13,20H,12H2,1-3H3,(H,23,24). The second-order valence-corrected chi connectivity index (χ2v) is 5.83. The highest BCUT2D eigenvalue weighted by atomic mass is 16.5. The van der Waals surface area contributed by atoms with Gasteiger partial charge in [-0.25, -0.2) is 0 Å². The van der Waals surface area contributed by atoms with E-state index < -0.39 is 11.9 Å². The molecule has 0 aliphatic rings. The molecule has 0 saturated heterocycles. The molecule has 6 heteroatoms. The van der Waals surface area contributed by atoms with Crippen LogP contribution in [0, 0.1) is 5.92 Å². The highest BCUT2D eigenvalue weighted by Crippen LogP contribution is 2.24. The lowest BCUT2D eigenvalue weighted by atomic mass is 10.1. The number of carbonyl (C=O) groups is 2. The fraction of sp³-hybridized carbons (Fsp3) is 0.263. The third-order valence-electron chi connectivity index (χ3n) is 3.82. The minimum Gasteiger partial charge on any atom is -0.497 e. The predicted octanol–water partition coefficient (Wildman–Crippen LogP) is 3.23. The van der Waals surface area contributed by atoms with Crippen LogP contribution in [0.4, 0.5) is 11.4 Å². The molecular formula is C19H22N2O4. The number of ether oxygens (including phenoxy) is 1. The van der Waals surface area contributed by atoms with Crippen LogP contribution in [0.15, 0.2) is 48.5 Å².